The number of fused-ring (bicyclic) bond motifs is 2. The third-order valence-corrected chi connectivity index (χ3v) is 6.15. The van der Waals surface area contributed by atoms with E-state index in [1.165, 1.54) is 28.9 Å². The molecule has 5 rings (SSSR count). The number of aryl methyl sites for hydroxylation is 1. The summed E-state index contributed by atoms with van der Waals surface area (Å²) in [6.07, 6.45) is -2.32. The van der Waals surface area contributed by atoms with Crippen LogP contribution in [0.4, 0.5) is 18.9 Å². The first-order chi connectivity index (χ1) is 12.5. The van der Waals surface area contributed by atoms with E-state index < -0.39 is 11.7 Å². The minimum atomic E-state index is -4.34. The van der Waals surface area contributed by atoms with E-state index in [9.17, 15) is 13.2 Å². The van der Waals surface area contributed by atoms with Gasteiger partial charge >= 0.3 is 6.18 Å². The zero-order chi connectivity index (χ0) is 17.9. The fraction of sp³-hybridized carbons (Fsp3) is 0.429. The lowest BCUT2D eigenvalue weighted by molar-refractivity contribution is -0.137. The van der Waals surface area contributed by atoms with Crippen molar-refractivity contribution in [2.75, 3.05) is 31.1 Å². The smallest absolute Gasteiger partial charge is 0.371 e. The Kier molecular flexibility index (Phi) is 3.58. The highest BCUT2D eigenvalue weighted by Gasteiger charge is 2.39. The first-order valence-electron chi connectivity index (χ1n) is 9.31. The maximum Gasteiger partial charge on any atom is 0.417 e. The molecule has 2 aromatic rings. The largest absolute Gasteiger partial charge is 0.417 e. The predicted molar refractivity (Wildman–Crippen MR) is 96.5 cm³/mol. The monoisotopic (exact) mass is 358 g/mol. The maximum absolute atomic E-state index is 13.5. The van der Waals surface area contributed by atoms with Gasteiger partial charge < -0.3 is 10.2 Å². The number of nitrogens with one attached hydrogen (secondary N) is 1. The normalized spacial score (nSPS) is 24.3. The van der Waals surface area contributed by atoms with Crippen LogP contribution in [0.3, 0.4) is 0 Å². The van der Waals surface area contributed by atoms with Crippen LogP contribution in [-0.4, -0.2) is 26.2 Å². The minimum Gasteiger partial charge on any atom is -0.371 e. The van der Waals surface area contributed by atoms with E-state index in [1.54, 1.807) is 12.1 Å². The van der Waals surface area contributed by atoms with E-state index in [-0.39, 0.29) is 0 Å². The molecule has 0 saturated carbocycles. The molecule has 2 atom stereocenters. The fourth-order valence-corrected chi connectivity index (χ4v) is 5.04. The number of hydrogen-bond donors (Lipinski definition) is 1. The Bertz CT molecular complexity index is 859. The van der Waals surface area contributed by atoms with Gasteiger partial charge in [0.2, 0.25) is 0 Å². The van der Waals surface area contributed by atoms with E-state index >= 15 is 0 Å². The molecule has 0 amide bonds. The Morgan fingerprint density at radius 2 is 1.92 bits per heavy atom. The second-order valence-corrected chi connectivity index (χ2v) is 7.69. The third-order valence-electron chi connectivity index (χ3n) is 6.15. The van der Waals surface area contributed by atoms with Gasteiger partial charge in [0.15, 0.2) is 0 Å². The van der Waals surface area contributed by atoms with Crippen molar-refractivity contribution in [3.8, 4) is 11.1 Å². The first kappa shape index (κ1) is 16.2. The van der Waals surface area contributed by atoms with Crippen molar-refractivity contribution in [3.63, 3.8) is 0 Å². The SMILES string of the molecule is FC(F)(F)c1ccccc1-c1cc2c3c(c1)[C@@H]1CNC[C@@H]1CN3CCC2. The zero-order valence-electron chi connectivity index (χ0n) is 14.4. The summed E-state index contributed by atoms with van der Waals surface area (Å²) in [6, 6.07) is 9.98. The zero-order valence-corrected chi connectivity index (χ0v) is 14.4. The summed E-state index contributed by atoms with van der Waals surface area (Å²) in [5.74, 6) is 0.970. The molecular weight excluding hydrogens is 337 g/mol. The maximum atomic E-state index is 13.5. The van der Waals surface area contributed by atoms with Gasteiger partial charge in [0.05, 0.1) is 5.56 Å². The molecule has 1 N–H and O–H groups in total. The number of anilines is 1. The van der Waals surface area contributed by atoms with Gasteiger partial charge in [-0.2, -0.15) is 13.2 Å². The molecule has 3 heterocycles. The highest BCUT2D eigenvalue weighted by molar-refractivity contribution is 5.76. The average molecular weight is 358 g/mol. The molecular formula is C21H21F3N2. The quantitative estimate of drug-likeness (QED) is 0.811. The van der Waals surface area contributed by atoms with Crippen LogP contribution in [0.2, 0.25) is 0 Å². The molecule has 5 heteroatoms. The molecule has 0 aliphatic carbocycles. The highest BCUT2D eigenvalue weighted by Crippen LogP contribution is 2.47. The Morgan fingerprint density at radius 3 is 2.77 bits per heavy atom. The van der Waals surface area contributed by atoms with Gasteiger partial charge in [-0.1, -0.05) is 18.2 Å². The van der Waals surface area contributed by atoms with E-state index in [1.807, 2.05) is 12.1 Å². The van der Waals surface area contributed by atoms with Crippen LogP contribution < -0.4 is 10.2 Å². The second kappa shape index (κ2) is 5.74. The number of nitrogens with zero attached hydrogens (tertiary/aromatic N) is 1. The summed E-state index contributed by atoms with van der Waals surface area (Å²) >= 11 is 0. The fourth-order valence-electron chi connectivity index (χ4n) is 5.04. The molecule has 1 fully saturated rings. The number of benzene rings is 2. The second-order valence-electron chi connectivity index (χ2n) is 7.69. The highest BCUT2D eigenvalue weighted by atomic mass is 19.4. The van der Waals surface area contributed by atoms with Crippen molar-refractivity contribution in [1.29, 1.82) is 0 Å². The predicted octanol–water partition coefficient (Wildman–Crippen LogP) is 4.44. The van der Waals surface area contributed by atoms with Crippen molar-refractivity contribution in [2.45, 2.75) is 24.9 Å². The summed E-state index contributed by atoms with van der Waals surface area (Å²) < 4.78 is 40.6. The Hall–Kier alpha value is -2.01. The van der Waals surface area contributed by atoms with Crippen molar-refractivity contribution in [3.05, 3.63) is 53.1 Å². The number of hydrogen-bond acceptors (Lipinski definition) is 2. The molecule has 1 saturated heterocycles. The van der Waals surface area contributed by atoms with Crippen molar-refractivity contribution < 1.29 is 13.2 Å². The summed E-state index contributed by atoms with van der Waals surface area (Å²) in [5, 5.41) is 3.48. The van der Waals surface area contributed by atoms with Gasteiger partial charge in [0.1, 0.15) is 0 Å². The Labute approximate surface area is 151 Å². The molecule has 0 spiro atoms. The Morgan fingerprint density at radius 1 is 1.08 bits per heavy atom. The van der Waals surface area contributed by atoms with E-state index in [0.29, 0.717) is 23.0 Å². The lowest BCUT2D eigenvalue weighted by Crippen LogP contribution is -2.41. The number of rotatable bonds is 1. The molecule has 0 unspecified atom stereocenters. The van der Waals surface area contributed by atoms with E-state index in [0.717, 1.165) is 39.0 Å². The molecule has 0 aromatic heterocycles. The van der Waals surface area contributed by atoms with Crippen LogP contribution in [0.25, 0.3) is 11.1 Å². The molecule has 26 heavy (non-hydrogen) atoms. The van der Waals surface area contributed by atoms with Crippen LogP contribution in [0.15, 0.2) is 36.4 Å². The van der Waals surface area contributed by atoms with E-state index in [2.05, 4.69) is 10.2 Å². The molecule has 0 bridgehead atoms. The average Bonchev–Trinajstić information content (AvgIpc) is 3.10. The number of halogens is 3. The summed E-state index contributed by atoms with van der Waals surface area (Å²) in [7, 11) is 0. The Balaban J connectivity index is 1.71. The number of alkyl halides is 3. The van der Waals surface area contributed by atoms with Crippen LogP contribution in [0.5, 0.6) is 0 Å². The van der Waals surface area contributed by atoms with Crippen molar-refractivity contribution in [1.82, 2.24) is 5.32 Å². The van der Waals surface area contributed by atoms with E-state index in [4.69, 9.17) is 0 Å². The minimum absolute atomic E-state index is 0.296. The summed E-state index contributed by atoms with van der Waals surface area (Å²) in [5.41, 5.74) is 4.22. The first-order valence-corrected chi connectivity index (χ1v) is 9.31. The van der Waals surface area contributed by atoms with Gasteiger partial charge in [0, 0.05) is 37.8 Å². The van der Waals surface area contributed by atoms with Crippen LogP contribution in [-0.2, 0) is 12.6 Å². The topological polar surface area (TPSA) is 15.3 Å². The van der Waals surface area contributed by atoms with Gasteiger partial charge in [-0.15, -0.1) is 0 Å². The summed E-state index contributed by atoms with van der Waals surface area (Å²) in [6.45, 7) is 4.05. The molecule has 3 aliphatic rings. The molecule has 0 radical (unpaired) electrons. The van der Waals surface area contributed by atoms with Crippen molar-refractivity contribution in [2.24, 2.45) is 5.92 Å². The van der Waals surface area contributed by atoms with Crippen LogP contribution in [0, 0.1) is 5.92 Å². The van der Waals surface area contributed by atoms with Gasteiger partial charge in [0.25, 0.3) is 0 Å². The standard InChI is InChI=1S/C21H21F3N2/c22-21(23,24)19-6-2-1-5-16(19)14-8-13-4-3-7-26-12-15-10-25-11-18(15)17(9-14)20(13)26/h1-2,5-6,8-9,15,18,25H,3-4,7,10-12H2/t15-,18-/m1/s1. The molecule has 3 aliphatic heterocycles. The summed E-state index contributed by atoms with van der Waals surface area (Å²) in [4.78, 5) is 2.46. The van der Waals surface area contributed by atoms with Crippen LogP contribution in [0.1, 0.15) is 29.0 Å². The molecule has 2 nitrogen and oxygen atoms in total. The molecule has 2 aromatic carbocycles. The lowest BCUT2D eigenvalue weighted by atomic mass is 9.78. The molecule has 136 valence electrons. The third kappa shape index (κ3) is 2.44. The van der Waals surface area contributed by atoms with Gasteiger partial charge in [-0.3, -0.25) is 0 Å². The van der Waals surface area contributed by atoms with Crippen molar-refractivity contribution >= 4 is 5.69 Å². The lowest BCUT2D eigenvalue weighted by Gasteiger charge is -2.42. The van der Waals surface area contributed by atoms with Gasteiger partial charge in [-0.25, -0.2) is 0 Å². The van der Waals surface area contributed by atoms with Crippen LogP contribution >= 0.6 is 0 Å². The van der Waals surface area contributed by atoms with Gasteiger partial charge in [-0.05, 0) is 59.2 Å².